The van der Waals surface area contributed by atoms with Crippen LogP contribution in [0.2, 0.25) is 0 Å². The highest BCUT2D eigenvalue weighted by Crippen LogP contribution is 2.15. The zero-order valence-corrected chi connectivity index (χ0v) is 14.4. The van der Waals surface area contributed by atoms with Gasteiger partial charge in [-0.2, -0.15) is 0 Å². The molecular weight excluding hydrogens is 298 g/mol. The summed E-state index contributed by atoms with van der Waals surface area (Å²) in [7, 11) is 5.91. The third kappa shape index (κ3) is 3.40. The number of rotatable bonds is 4. The average Bonchev–Trinajstić information content (AvgIpc) is 3.00. The highest BCUT2D eigenvalue weighted by molar-refractivity contribution is 5.83. The Morgan fingerprint density at radius 2 is 2.04 bits per heavy atom. The lowest BCUT2D eigenvalue weighted by atomic mass is 10.1. The molecule has 0 bridgehead atoms. The first-order valence-corrected chi connectivity index (χ1v) is 8.03. The van der Waals surface area contributed by atoms with Crippen LogP contribution in [-0.4, -0.2) is 34.5 Å². The van der Waals surface area contributed by atoms with Crippen molar-refractivity contribution in [1.29, 1.82) is 0 Å². The van der Waals surface area contributed by atoms with E-state index in [1.54, 1.807) is 0 Å². The van der Waals surface area contributed by atoms with Gasteiger partial charge in [-0.3, -0.25) is 9.98 Å². The highest BCUT2D eigenvalue weighted by Gasteiger charge is 2.09. The van der Waals surface area contributed by atoms with Gasteiger partial charge in [0.1, 0.15) is 0 Å². The van der Waals surface area contributed by atoms with Crippen molar-refractivity contribution < 1.29 is 0 Å². The van der Waals surface area contributed by atoms with E-state index in [1.807, 2.05) is 26.4 Å². The second kappa shape index (κ2) is 7.17. The summed E-state index contributed by atoms with van der Waals surface area (Å²) in [6, 6.07) is 14.5. The number of benzene rings is 1. The maximum atomic E-state index is 4.51. The molecule has 0 aliphatic rings. The summed E-state index contributed by atoms with van der Waals surface area (Å²) in [4.78, 5) is 11.0. The van der Waals surface area contributed by atoms with E-state index in [1.165, 1.54) is 11.3 Å². The van der Waals surface area contributed by atoms with Crippen LogP contribution < -0.4 is 5.32 Å². The van der Waals surface area contributed by atoms with Crippen molar-refractivity contribution in [3.8, 4) is 0 Å². The van der Waals surface area contributed by atoms with Gasteiger partial charge in [-0.1, -0.05) is 24.3 Å². The molecule has 0 radical (unpaired) electrons. The summed E-state index contributed by atoms with van der Waals surface area (Å²) in [5, 5.41) is 4.59. The molecule has 0 atom stereocenters. The lowest BCUT2D eigenvalue weighted by Gasteiger charge is -2.22. The zero-order chi connectivity index (χ0) is 16.9. The lowest BCUT2D eigenvalue weighted by molar-refractivity contribution is 0.462. The van der Waals surface area contributed by atoms with Crippen molar-refractivity contribution in [1.82, 2.24) is 19.8 Å². The number of nitrogens with one attached hydrogen (secondary N) is 1. The molecular formula is C19H23N5. The molecule has 0 unspecified atom stereocenters. The number of hydrogen-bond acceptors (Lipinski definition) is 2. The van der Waals surface area contributed by atoms with Crippen LogP contribution in [0.5, 0.6) is 0 Å². The molecule has 0 spiro atoms. The minimum Gasteiger partial charge on any atom is -0.353 e. The lowest BCUT2D eigenvalue weighted by Crippen LogP contribution is -2.38. The highest BCUT2D eigenvalue weighted by atomic mass is 15.3. The molecule has 0 amide bonds. The Morgan fingerprint density at radius 3 is 2.79 bits per heavy atom. The molecule has 1 aromatic carbocycles. The number of pyridine rings is 1. The molecule has 3 aromatic rings. The molecule has 0 saturated carbocycles. The van der Waals surface area contributed by atoms with E-state index < -0.39 is 0 Å². The van der Waals surface area contributed by atoms with Gasteiger partial charge in [-0.05, 0) is 23.8 Å². The van der Waals surface area contributed by atoms with Gasteiger partial charge in [0.05, 0.1) is 12.1 Å². The Kier molecular flexibility index (Phi) is 4.79. The van der Waals surface area contributed by atoms with Crippen molar-refractivity contribution in [2.75, 3.05) is 14.1 Å². The smallest absolute Gasteiger partial charge is 0.194 e. The SMILES string of the molecule is CN=C(NCc1cccc2cccnc12)N(C)Cc1cccn1C. The van der Waals surface area contributed by atoms with Gasteiger partial charge in [0.2, 0.25) is 0 Å². The number of aliphatic imine (C=N–C) groups is 1. The zero-order valence-electron chi connectivity index (χ0n) is 14.4. The van der Waals surface area contributed by atoms with Gasteiger partial charge >= 0.3 is 0 Å². The van der Waals surface area contributed by atoms with Gasteiger partial charge in [0.15, 0.2) is 5.96 Å². The fourth-order valence-electron chi connectivity index (χ4n) is 2.85. The summed E-state index contributed by atoms with van der Waals surface area (Å²) in [5.74, 6) is 0.865. The van der Waals surface area contributed by atoms with E-state index in [-0.39, 0.29) is 0 Å². The molecule has 3 rings (SSSR count). The quantitative estimate of drug-likeness (QED) is 0.594. The second-order valence-electron chi connectivity index (χ2n) is 5.86. The molecule has 0 aliphatic carbocycles. The van der Waals surface area contributed by atoms with E-state index in [2.05, 4.69) is 74.4 Å². The molecule has 0 saturated heterocycles. The van der Waals surface area contributed by atoms with E-state index in [9.17, 15) is 0 Å². The molecule has 24 heavy (non-hydrogen) atoms. The summed E-state index contributed by atoms with van der Waals surface area (Å²) in [6.07, 6.45) is 3.89. The van der Waals surface area contributed by atoms with Crippen molar-refractivity contribution >= 4 is 16.9 Å². The predicted octanol–water partition coefficient (Wildman–Crippen LogP) is 2.78. The Morgan fingerprint density at radius 1 is 1.21 bits per heavy atom. The van der Waals surface area contributed by atoms with Crippen LogP contribution in [0.1, 0.15) is 11.3 Å². The van der Waals surface area contributed by atoms with E-state index in [0.29, 0.717) is 6.54 Å². The van der Waals surface area contributed by atoms with E-state index >= 15 is 0 Å². The number of aromatic nitrogens is 2. The number of hydrogen-bond donors (Lipinski definition) is 1. The standard InChI is InChI=1S/C19H23N5/c1-20-19(24(3)14-17-10-6-12-23(17)2)22-13-16-8-4-7-15-9-5-11-21-18(15)16/h4-12H,13-14H2,1-3H3,(H,20,22). The second-order valence-corrected chi connectivity index (χ2v) is 5.86. The van der Waals surface area contributed by atoms with E-state index in [4.69, 9.17) is 0 Å². The van der Waals surface area contributed by atoms with Crippen molar-refractivity contribution in [3.63, 3.8) is 0 Å². The van der Waals surface area contributed by atoms with Crippen LogP contribution in [0.15, 0.2) is 59.9 Å². The maximum Gasteiger partial charge on any atom is 0.194 e. The Balaban J connectivity index is 1.70. The monoisotopic (exact) mass is 321 g/mol. The third-order valence-corrected chi connectivity index (χ3v) is 4.18. The van der Waals surface area contributed by atoms with Gasteiger partial charge in [-0.15, -0.1) is 0 Å². The Labute approximate surface area is 142 Å². The van der Waals surface area contributed by atoms with Crippen LogP contribution in [0.3, 0.4) is 0 Å². The Bertz CT molecular complexity index is 844. The van der Waals surface area contributed by atoms with Gasteiger partial charge in [-0.25, -0.2) is 0 Å². The van der Waals surface area contributed by atoms with Crippen molar-refractivity contribution in [2.45, 2.75) is 13.1 Å². The molecule has 2 heterocycles. The number of fused-ring (bicyclic) bond motifs is 1. The number of aryl methyl sites for hydroxylation is 1. The van der Waals surface area contributed by atoms with Gasteiger partial charge in [0, 0.05) is 51.2 Å². The van der Waals surface area contributed by atoms with E-state index in [0.717, 1.165) is 23.4 Å². The van der Waals surface area contributed by atoms with Crippen LogP contribution >= 0.6 is 0 Å². The fraction of sp³-hybridized carbons (Fsp3) is 0.263. The molecule has 0 aliphatic heterocycles. The van der Waals surface area contributed by atoms with Gasteiger partial charge < -0.3 is 14.8 Å². The van der Waals surface area contributed by atoms with Crippen molar-refractivity contribution in [2.24, 2.45) is 12.0 Å². The van der Waals surface area contributed by atoms with Crippen LogP contribution in [0.25, 0.3) is 10.9 Å². The topological polar surface area (TPSA) is 45.5 Å². The third-order valence-electron chi connectivity index (χ3n) is 4.18. The Hall–Kier alpha value is -2.82. The fourth-order valence-corrected chi connectivity index (χ4v) is 2.85. The average molecular weight is 321 g/mol. The first-order chi connectivity index (χ1) is 11.7. The molecule has 2 aromatic heterocycles. The first kappa shape index (κ1) is 16.1. The largest absolute Gasteiger partial charge is 0.353 e. The molecule has 0 fully saturated rings. The minimum atomic E-state index is 0.693. The predicted molar refractivity (Wildman–Crippen MR) is 98.8 cm³/mol. The minimum absolute atomic E-state index is 0.693. The van der Waals surface area contributed by atoms with Crippen LogP contribution in [0, 0.1) is 0 Å². The van der Waals surface area contributed by atoms with Crippen LogP contribution in [-0.2, 0) is 20.1 Å². The molecule has 124 valence electrons. The van der Waals surface area contributed by atoms with Crippen LogP contribution in [0.4, 0.5) is 0 Å². The first-order valence-electron chi connectivity index (χ1n) is 8.03. The number of nitrogens with zero attached hydrogens (tertiary/aromatic N) is 4. The maximum absolute atomic E-state index is 4.51. The molecule has 5 heteroatoms. The van der Waals surface area contributed by atoms with Crippen molar-refractivity contribution in [3.05, 3.63) is 66.1 Å². The summed E-state index contributed by atoms with van der Waals surface area (Å²) < 4.78 is 2.12. The van der Waals surface area contributed by atoms with Gasteiger partial charge in [0.25, 0.3) is 0 Å². The number of para-hydroxylation sites is 1. The normalized spacial score (nSPS) is 11.7. The summed E-state index contributed by atoms with van der Waals surface area (Å²) in [5.41, 5.74) is 3.45. The summed E-state index contributed by atoms with van der Waals surface area (Å²) >= 11 is 0. The molecule has 5 nitrogen and oxygen atoms in total. The summed E-state index contributed by atoms with van der Waals surface area (Å²) in [6.45, 7) is 1.50. The molecule has 1 N–H and O–H groups in total. The number of guanidine groups is 1.